The molecule has 0 radical (unpaired) electrons. The van der Waals surface area contributed by atoms with Crippen LogP contribution in [0.4, 0.5) is 11.4 Å². The lowest BCUT2D eigenvalue weighted by atomic mass is 10.2. The molecule has 29 heavy (non-hydrogen) atoms. The third-order valence-corrected chi connectivity index (χ3v) is 6.02. The summed E-state index contributed by atoms with van der Waals surface area (Å²) in [6.45, 7) is 6.98. The number of thiazole rings is 1. The average molecular weight is 407 g/mol. The zero-order valence-corrected chi connectivity index (χ0v) is 17.5. The van der Waals surface area contributed by atoms with Gasteiger partial charge >= 0.3 is 0 Å². The maximum absolute atomic E-state index is 12.3. The van der Waals surface area contributed by atoms with Crippen molar-refractivity contribution in [2.75, 3.05) is 36.4 Å². The van der Waals surface area contributed by atoms with E-state index in [4.69, 9.17) is 0 Å². The molecule has 1 aliphatic rings. The third kappa shape index (κ3) is 5.43. The molecule has 0 unspecified atom stereocenters. The molecule has 1 fully saturated rings. The summed E-state index contributed by atoms with van der Waals surface area (Å²) in [5.74, 6) is -0.0220. The number of para-hydroxylation sites is 1. The van der Waals surface area contributed by atoms with E-state index >= 15 is 0 Å². The molecule has 1 amide bonds. The number of hydrogen-bond acceptors (Lipinski definition) is 5. The van der Waals surface area contributed by atoms with Crippen LogP contribution in [0.1, 0.15) is 16.3 Å². The minimum Gasteiger partial charge on any atom is -0.369 e. The van der Waals surface area contributed by atoms with Crippen LogP contribution >= 0.6 is 11.3 Å². The first-order chi connectivity index (χ1) is 14.2. The Balaban J connectivity index is 1.25. The van der Waals surface area contributed by atoms with E-state index in [1.165, 1.54) is 11.3 Å². The van der Waals surface area contributed by atoms with Crippen LogP contribution < -0.4 is 10.2 Å². The Kier molecular flexibility index (Phi) is 6.22. The normalized spacial score (nSPS) is 14.7. The van der Waals surface area contributed by atoms with Crippen molar-refractivity contribution in [3.63, 3.8) is 0 Å². The molecule has 5 nitrogen and oxygen atoms in total. The zero-order valence-electron chi connectivity index (χ0n) is 16.7. The summed E-state index contributed by atoms with van der Waals surface area (Å²) in [5, 5.41) is 5.89. The van der Waals surface area contributed by atoms with Gasteiger partial charge in [-0.25, -0.2) is 4.98 Å². The smallest absolute Gasteiger partial charge is 0.231 e. The number of carbonyl (C=O) groups is 1. The molecule has 1 aliphatic heterocycles. The molecule has 1 N–H and O–H groups in total. The standard InChI is InChI=1S/C23H26N4OS/c1-18-7-9-19(10-8-18)24-22(28)15-23-25-20(17-29-23)16-26-11-13-27(14-12-26)21-5-3-2-4-6-21/h2-10,17H,11-16H2,1H3,(H,24,28). The van der Waals surface area contributed by atoms with E-state index in [2.05, 4.69) is 55.8 Å². The van der Waals surface area contributed by atoms with Crippen LogP contribution in [0.3, 0.4) is 0 Å². The lowest BCUT2D eigenvalue weighted by molar-refractivity contribution is -0.115. The van der Waals surface area contributed by atoms with Gasteiger partial charge in [-0.1, -0.05) is 35.9 Å². The van der Waals surface area contributed by atoms with Gasteiger partial charge in [0.15, 0.2) is 0 Å². The largest absolute Gasteiger partial charge is 0.369 e. The fourth-order valence-corrected chi connectivity index (χ4v) is 4.30. The number of nitrogens with zero attached hydrogens (tertiary/aromatic N) is 3. The first-order valence-corrected chi connectivity index (χ1v) is 10.9. The lowest BCUT2D eigenvalue weighted by Gasteiger charge is -2.35. The maximum Gasteiger partial charge on any atom is 0.231 e. The molecule has 150 valence electrons. The molecule has 6 heteroatoms. The number of aryl methyl sites for hydroxylation is 1. The SMILES string of the molecule is Cc1ccc(NC(=O)Cc2nc(CN3CCN(c4ccccc4)CC3)cs2)cc1. The molecular formula is C23H26N4OS. The topological polar surface area (TPSA) is 48.5 Å². The van der Waals surface area contributed by atoms with E-state index < -0.39 is 0 Å². The predicted octanol–water partition coefficient (Wildman–Crippen LogP) is 3.95. The molecule has 2 heterocycles. The summed E-state index contributed by atoms with van der Waals surface area (Å²) < 4.78 is 0. The molecule has 0 spiro atoms. The molecular weight excluding hydrogens is 380 g/mol. The molecule has 0 bridgehead atoms. The maximum atomic E-state index is 12.3. The Labute approximate surface area is 176 Å². The zero-order chi connectivity index (χ0) is 20.1. The number of rotatable bonds is 6. The van der Waals surface area contributed by atoms with Gasteiger partial charge in [0.2, 0.25) is 5.91 Å². The van der Waals surface area contributed by atoms with Gasteiger partial charge in [0.05, 0.1) is 12.1 Å². The van der Waals surface area contributed by atoms with E-state index in [-0.39, 0.29) is 5.91 Å². The van der Waals surface area contributed by atoms with Gasteiger partial charge in [-0.05, 0) is 31.2 Å². The van der Waals surface area contributed by atoms with Crippen molar-refractivity contribution < 1.29 is 4.79 Å². The number of amides is 1. The summed E-state index contributed by atoms with van der Waals surface area (Å²) in [6.07, 6.45) is 0.320. The Hall–Kier alpha value is -2.70. The fraction of sp³-hybridized carbons (Fsp3) is 0.304. The van der Waals surface area contributed by atoms with E-state index in [1.807, 2.05) is 31.2 Å². The van der Waals surface area contributed by atoms with Crippen molar-refractivity contribution in [2.24, 2.45) is 0 Å². The van der Waals surface area contributed by atoms with Gasteiger partial charge < -0.3 is 10.2 Å². The third-order valence-electron chi connectivity index (χ3n) is 5.13. The Morgan fingerprint density at radius 3 is 2.48 bits per heavy atom. The second-order valence-corrected chi connectivity index (χ2v) is 8.36. The average Bonchev–Trinajstić information content (AvgIpc) is 3.17. The van der Waals surface area contributed by atoms with Crippen LogP contribution in [0.25, 0.3) is 0 Å². The van der Waals surface area contributed by atoms with Gasteiger partial charge in [0, 0.05) is 49.5 Å². The Morgan fingerprint density at radius 2 is 1.76 bits per heavy atom. The van der Waals surface area contributed by atoms with E-state index in [1.54, 1.807) is 11.3 Å². The van der Waals surface area contributed by atoms with Crippen LogP contribution in [0.2, 0.25) is 0 Å². The van der Waals surface area contributed by atoms with Gasteiger partial charge in [-0.2, -0.15) is 0 Å². The number of anilines is 2. The highest BCUT2D eigenvalue weighted by Gasteiger charge is 2.18. The van der Waals surface area contributed by atoms with Crippen molar-refractivity contribution in [1.29, 1.82) is 0 Å². The monoisotopic (exact) mass is 406 g/mol. The van der Waals surface area contributed by atoms with Gasteiger partial charge in [-0.15, -0.1) is 11.3 Å². The molecule has 0 saturated carbocycles. The minimum atomic E-state index is -0.0220. The van der Waals surface area contributed by atoms with E-state index in [9.17, 15) is 4.79 Å². The number of hydrogen-bond donors (Lipinski definition) is 1. The summed E-state index contributed by atoms with van der Waals surface area (Å²) in [6, 6.07) is 18.4. The van der Waals surface area contributed by atoms with Crippen molar-refractivity contribution in [2.45, 2.75) is 19.9 Å². The molecule has 2 aromatic carbocycles. The van der Waals surface area contributed by atoms with Gasteiger partial charge in [-0.3, -0.25) is 9.69 Å². The van der Waals surface area contributed by atoms with Crippen molar-refractivity contribution in [3.8, 4) is 0 Å². The minimum absolute atomic E-state index is 0.0220. The molecule has 3 aromatic rings. The Morgan fingerprint density at radius 1 is 1.03 bits per heavy atom. The number of aromatic nitrogens is 1. The first-order valence-electron chi connectivity index (χ1n) is 9.98. The van der Waals surface area contributed by atoms with E-state index in [0.717, 1.165) is 49.1 Å². The van der Waals surface area contributed by atoms with E-state index in [0.29, 0.717) is 6.42 Å². The molecule has 4 rings (SSSR count). The van der Waals surface area contributed by atoms with Crippen LogP contribution in [0.5, 0.6) is 0 Å². The highest BCUT2D eigenvalue weighted by molar-refractivity contribution is 7.09. The summed E-state index contributed by atoms with van der Waals surface area (Å²) in [4.78, 5) is 21.8. The summed E-state index contributed by atoms with van der Waals surface area (Å²) >= 11 is 1.57. The van der Waals surface area contributed by atoms with Crippen molar-refractivity contribution >= 4 is 28.6 Å². The summed E-state index contributed by atoms with van der Waals surface area (Å²) in [5.41, 5.74) is 4.36. The van der Waals surface area contributed by atoms with Crippen LogP contribution in [-0.4, -0.2) is 42.0 Å². The molecule has 1 aromatic heterocycles. The number of nitrogens with one attached hydrogen (secondary N) is 1. The fourth-order valence-electron chi connectivity index (χ4n) is 3.51. The van der Waals surface area contributed by atoms with Crippen molar-refractivity contribution in [1.82, 2.24) is 9.88 Å². The predicted molar refractivity (Wildman–Crippen MR) is 120 cm³/mol. The summed E-state index contributed by atoms with van der Waals surface area (Å²) in [7, 11) is 0. The second kappa shape index (κ2) is 9.20. The van der Waals surface area contributed by atoms with Gasteiger partial charge in [0.25, 0.3) is 0 Å². The quantitative estimate of drug-likeness (QED) is 0.673. The van der Waals surface area contributed by atoms with Crippen LogP contribution in [-0.2, 0) is 17.8 Å². The lowest BCUT2D eigenvalue weighted by Crippen LogP contribution is -2.46. The first kappa shape index (κ1) is 19.6. The molecule has 0 aliphatic carbocycles. The number of benzene rings is 2. The van der Waals surface area contributed by atoms with Crippen LogP contribution in [0, 0.1) is 6.92 Å². The second-order valence-electron chi connectivity index (χ2n) is 7.42. The highest BCUT2D eigenvalue weighted by atomic mass is 32.1. The molecule has 1 saturated heterocycles. The number of piperazine rings is 1. The highest BCUT2D eigenvalue weighted by Crippen LogP contribution is 2.18. The van der Waals surface area contributed by atoms with Crippen molar-refractivity contribution in [3.05, 3.63) is 76.2 Å². The Bertz CT molecular complexity index is 931. The molecule has 0 atom stereocenters. The van der Waals surface area contributed by atoms with Crippen LogP contribution in [0.15, 0.2) is 60.0 Å². The van der Waals surface area contributed by atoms with Gasteiger partial charge in [0.1, 0.15) is 5.01 Å². The number of carbonyl (C=O) groups excluding carboxylic acids is 1.